The lowest BCUT2D eigenvalue weighted by Crippen LogP contribution is -1.37. The molecule has 0 rings (SSSR count). The van der Waals surface area contributed by atoms with Crippen LogP contribution in [0.3, 0.4) is 0 Å². The van der Waals surface area contributed by atoms with Crippen molar-refractivity contribution in [2.45, 2.75) is 0 Å². The first kappa shape index (κ1) is 5.08. The van der Waals surface area contributed by atoms with Crippen molar-refractivity contribution in [2.75, 3.05) is 0 Å². The molecule has 0 nitrogen and oxygen atoms in total. The number of hydrogen-bond donors (Lipinski definition) is 0. The second kappa shape index (κ2) is 2.33. The van der Waals surface area contributed by atoms with Crippen LogP contribution in [0.25, 0.3) is 0 Å². The van der Waals surface area contributed by atoms with Crippen molar-refractivity contribution in [3.05, 3.63) is 11.1 Å². The van der Waals surface area contributed by atoms with E-state index in [1.54, 1.807) is 0 Å². The Morgan fingerprint density at radius 1 is 1.80 bits per heavy atom. The molecule has 0 aliphatic carbocycles. The topological polar surface area (TPSA) is 0 Å². The van der Waals surface area contributed by atoms with Crippen molar-refractivity contribution in [2.24, 2.45) is 0 Å². The highest BCUT2D eigenvalue weighted by molar-refractivity contribution is 9.11. The van der Waals surface area contributed by atoms with Crippen LogP contribution in [0.2, 0.25) is 0 Å². The summed E-state index contributed by atoms with van der Waals surface area (Å²) in [5.74, 6) is 0. The van der Waals surface area contributed by atoms with Gasteiger partial charge in [0, 0.05) is 0 Å². The maximum Gasteiger partial charge on any atom is 0.193 e. The fourth-order valence-corrected chi connectivity index (χ4v) is 0. The molecule has 0 atom stereocenters. The van der Waals surface area contributed by atoms with E-state index in [9.17, 15) is 8.78 Å². The van der Waals surface area contributed by atoms with Crippen LogP contribution in [-0.4, -0.2) is 0 Å². The van der Waals surface area contributed by atoms with Crippen LogP contribution in [-0.2, 0) is 0 Å². The minimum atomic E-state index is -0.975. The number of rotatable bonds is 0. The van der Waals surface area contributed by atoms with E-state index in [1.807, 2.05) is 0 Å². The van der Waals surface area contributed by atoms with E-state index in [1.165, 1.54) is 0 Å². The van der Waals surface area contributed by atoms with E-state index < -0.39 is 4.74 Å². The van der Waals surface area contributed by atoms with Gasteiger partial charge in [-0.1, -0.05) is 0 Å². The molecule has 0 aromatic carbocycles. The van der Waals surface area contributed by atoms with Gasteiger partial charge in [0.2, 0.25) is 0 Å². The van der Waals surface area contributed by atoms with Crippen LogP contribution >= 0.6 is 15.9 Å². The van der Waals surface area contributed by atoms with E-state index in [0.29, 0.717) is 0 Å². The van der Waals surface area contributed by atoms with Crippen molar-refractivity contribution < 1.29 is 8.78 Å². The molecule has 0 aromatic rings. The van der Waals surface area contributed by atoms with E-state index in [4.69, 9.17) is 0 Å². The first-order valence-electron chi connectivity index (χ1n) is 0.885. The lowest BCUT2D eigenvalue weighted by Gasteiger charge is -1.62. The van der Waals surface area contributed by atoms with Gasteiger partial charge < -0.3 is 0 Å². The van der Waals surface area contributed by atoms with Gasteiger partial charge in [-0.25, -0.2) is 4.39 Å². The van der Waals surface area contributed by atoms with Crippen LogP contribution in [0.4, 0.5) is 8.78 Å². The molecule has 0 N–H and O–H groups in total. The fourth-order valence-electron chi connectivity index (χ4n) is 0. The standard InChI is InChI=1S/C2HBrF2/c3-2(5)1-4/h1H/b2-1-. The SMILES string of the molecule is F/C=C(\F)Br. The van der Waals surface area contributed by atoms with Crippen LogP contribution < -0.4 is 0 Å². The lowest BCUT2D eigenvalue weighted by atomic mass is 11.2. The molecule has 0 bridgehead atoms. The summed E-state index contributed by atoms with van der Waals surface area (Å²) in [7, 11) is 0. The Labute approximate surface area is 36.6 Å². The van der Waals surface area contributed by atoms with Gasteiger partial charge in [0.1, 0.15) is 6.33 Å². The summed E-state index contributed by atoms with van der Waals surface area (Å²) in [5.41, 5.74) is 0. The van der Waals surface area contributed by atoms with Gasteiger partial charge in [0.05, 0.1) is 0 Å². The molecule has 5 heavy (non-hydrogen) atoms. The van der Waals surface area contributed by atoms with Crippen LogP contribution in [0.5, 0.6) is 0 Å². The van der Waals surface area contributed by atoms with Gasteiger partial charge >= 0.3 is 0 Å². The predicted molar refractivity (Wildman–Crippen MR) is 19.2 cm³/mol. The Morgan fingerprint density at radius 2 is 2.00 bits per heavy atom. The largest absolute Gasteiger partial charge is 0.212 e. The third-order valence-electron chi connectivity index (χ3n) is 0.0825. The number of hydrogen-bond acceptors (Lipinski definition) is 0. The lowest BCUT2D eigenvalue weighted by molar-refractivity contribution is 0.634. The van der Waals surface area contributed by atoms with Crippen LogP contribution in [0.15, 0.2) is 11.1 Å². The zero-order valence-electron chi connectivity index (χ0n) is 2.21. The molecule has 0 saturated heterocycles. The molecule has 30 valence electrons. The first-order valence-corrected chi connectivity index (χ1v) is 1.68. The summed E-state index contributed by atoms with van der Waals surface area (Å²) in [6.45, 7) is 0. The molecule has 0 aliphatic heterocycles. The molecular formula is C2HBrF2. The zero-order valence-corrected chi connectivity index (χ0v) is 3.80. The highest BCUT2D eigenvalue weighted by Crippen LogP contribution is 2.03. The molecule has 0 fully saturated rings. The maximum absolute atomic E-state index is 10.8. The zero-order chi connectivity index (χ0) is 4.28. The molecule has 0 saturated carbocycles. The van der Waals surface area contributed by atoms with Crippen LogP contribution in [0.1, 0.15) is 0 Å². The average Bonchev–Trinajstić information content (AvgIpc) is 1.38. The molecule has 0 aromatic heterocycles. The quantitative estimate of drug-likeness (QED) is 0.487. The van der Waals surface area contributed by atoms with Crippen molar-refractivity contribution >= 4 is 15.9 Å². The Kier molecular flexibility index (Phi) is 2.36. The molecule has 0 heterocycles. The Morgan fingerprint density at radius 3 is 2.00 bits per heavy atom. The number of halogens is 3. The molecule has 0 unspecified atom stereocenters. The van der Waals surface area contributed by atoms with Gasteiger partial charge in [-0.15, -0.1) is 0 Å². The first-order chi connectivity index (χ1) is 2.27. The molecule has 0 aliphatic rings. The second-order valence-electron chi connectivity index (χ2n) is 0.399. The third-order valence-corrected chi connectivity index (χ3v) is 0.256. The van der Waals surface area contributed by atoms with Crippen molar-refractivity contribution in [3.63, 3.8) is 0 Å². The highest BCUT2D eigenvalue weighted by atomic mass is 79.9. The summed E-state index contributed by atoms with van der Waals surface area (Å²) in [4.78, 5) is 0. The molecular weight excluding hydrogens is 142 g/mol. The van der Waals surface area contributed by atoms with Gasteiger partial charge in [-0.3, -0.25) is 0 Å². The van der Waals surface area contributed by atoms with E-state index >= 15 is 0 Å². The minimum absolute atomic E-state index is 0.167. The van der Waals surface area contributed by atoms with Gasteiger partial charge in [-0.2, -0.15) is 4.39 Å². The smallest absolute Gasteiger partial charge is 0.193 e. The van der Waals surface area contributed by atoms with Gasteiger partial charge in [0.25, 0.3) is 0 Å². The molecule has 3 heteroatoms. The van der Waals surface area contributed by atoms with E-state index in [0.717, 1.165) is 0 Å². The fraction of sp³-hybridized carbons (Fsp3) is 0. The monoisotopic (exact) mass is 142 g/mol. The normalized spacial score (nSPS) is 12.2. The molecule has 0 radical (unpaired) electrons. The summed E-state index contributed by atoms with van der Waals surface area (Å²) in [6, 6.07) is 0. The molecule has 0 amide bonds. The molecule has 0 spiro atoms. The summed E-state index contributed by atoms with van der Waals surface area (Å²) in [5, 5.41) is 0. The summed E-state index contributed by atoms with van der Waals surface area (Å²) in [6.07, 6.45) is -0.167. The minimum Gasteiger partial charge on any atom is -0.212 e. The van der Waals surface area contributed by atoms with Crippen molar-refractivity contribution in [1.82, 2.24) is 0 Å². The predicted octanol–water partition coefficient (Wildman–Crippen LogP) is 2.12. The van der Waals surface area contributed by atoms with Crippen molar-refractivity contribution in [1.29, 1.82) is 0 Å². The average molecular weight is 143 g/mol. The Bertz CT molecular complexity index is 45.6. The Hall–Kier alpha value is 0.0800. The second-order valence-corrected chi connectivity index (χ2v) is 1.16. The van der Waals surface area contributed by atoms with E-state index in [-0.39, 0.29) is 6.33 Å². The van der Waals surface area contributed by atoms with Crippen LogP contribution in [0, 0.1) is 0 Å². The highest BCUT2D eigenvalue weighted by Gasteiger charge is 1.74. The van der Waals surface area contributed by atoms with Gasteiger partial charge in [-0.05, 0) is 15.9 Å². The van der Waals surface area contributed by atoms with E-state index in [2.05, 4.69) is 15.9 Å². The maximum atomic E-state index is 10.8. The summed E-state index contributed by atoms with van der Waals surface area (Å²) < 4.78 is 20.4. The third kappa shape index (κ3) is 4.08. The summed E-state index contributed by atoms with van der Waals surface area (Å²) >= 11 is 2.19. The van der Waals surface area contributed by atoms with Gasteiger partial charge in [0.15, 0.2) is 4.74 Å². The van der Waals surface area contributed by atoms with Crippen molar-refractivity contribution in [3.8, 4) is 0 Å². The Balaban J connectivity index is 3.14.